The van der Waals surface area contributed by atoms with Gasteiger partial charge in [0.05, 0.1) is 30.0 Å². The molecule has 0 bridgehead atoms. The summed E-state index contributed by atoms with van der Waals surface area (Å²) in [4.78, 5) is 41.1. The summed E-state index contributed by atoms with van der Waals surface area (Å²) in [5.41, 5.74) is 10.1. The lowest BCUT2D eigenvalue weighted by molar-refractivity contribution is -0.159. The summed E-state index contributed by atoms with van der Waals surface area (Å²) in [7, 11) is 0. The van der Waals surface area contributed by atoms with E-state index in [0.29, 0.717) is 6.61 Å². The van der Waals surface area contributed by atoms with Crippen molar-refractivity contribution in [3.8, 4) is 11.3 Å². The van der Waals surface area contributed by atoms with Gasteiger partial charge in [0, 0.05) is 17.0 Å². The molecule has 2 aromatic carbocycles. The summed E-state index contributed by atoms with van der Waals surface area (Å²) < 4.78 is 5.91. The zero-order chi connectivity index (χ0) is 28.2. The predicted molar refractivity (Wildman–Crippen MR) is 134 cm³/mol. The van der Waals surface area contributed by atoms with Crippen LogP contribution >= 0.6 is 0 Å². The van der Waals surface area contributed by atoms with Crippen molar-refractivity contribution in [2.75, 3.05) is 0 Å². The van der Waals surface area contributed by atoms with E-state index in [0.717, 1.165) is 47.0 Å². The van der Waals surface area contributed by atoms with Crippen LogP contribution in [0.5, 0.6) is 0 Å². The van der Waals surface area contributed by atoms with E-state index in [2.05, 4.69) is 36.4 Å². The largest absolute Gasteiger partial charge is 0.473 e. The SMILES string of the molecule is N[C@H]1CCC[C@H](OCc2ccc(-c3ccc4ccccc4n3)cc2)[C@@H]1O.O=C(O)C(=O)O.O=C(O)C(=O)O. The Hall–Kier alpha value is -4.39. The number of aliphatic hydroxyl groups excluding tert-OH is 1. The third kappa shape index (κ3) is 9.24. The Bertz CT molecular complexity index is 1210. The lowest BCUT2D eigenvalue weighted by atomic mass is 9.90. The molecule has 12 nitrogen and oxygen atoms in total. The molecular weight excluding hydrogens is 500 g/mol. The summed E-state index contributed by atoms with van der Waals surface area (Å²) >= 11 is 0. The second-order valence-electron chi connectivity index (χ2n) is 8.24. The quantitative estimate of drug-likeness (QED) is 0.268. The first-order valence-corrected chi connectivity index (χ1v) is 11.4. The van der Waals surface area contributed by atoms with Crippen molar-refractivity contribution >= 4 is 34.8 Å². The number of para-hydroxylation sites is 1. The molecule has 0 radical (unpaired) electrons. The van der Waals surface area contributed by atoms with E-state index in [1.165, 1.54) is 0 Å². The first kappa shape index (κ1) is 29.8. The van der Waals surface area contributed by atoms with E-state index in [4.69, 9.17) is 55.1 Å². The number of nitrogens with two attached hydrogens (primary N) is 1. The van der Waals surface area contributed by atoms with Crippen molar-refractivity contribution < 1.29 is 49.4 Å². The maximum Gasteiger partial charge on any atom is 0.414 e. The number of rotatable bonds is 4. The van der Waals surface area contributed by atoms with Gasteiger partial charge in [-0.1, -0.05) is 48.5 Å². The molecule has 1 aromatic heterocycles. The molecule has 1 heterocycles. The average molecular weight is 529 g/mol. The molecule has 0 unspecified atom stereocenters. The average Bonchev–Trinajstić information content (AvgIpc) is 2.90. The first-order chi connectivity index (χ1) is 18.0. The Morgan fingerprint density at radius 2 is 1.39 bits per heavy atom. The lowest BCUT2D eigenvalue weighted by Gasteiger charge is -2.32. The number of fused-ring (bicyclic) bond motifs is 1. The number of aliphatic hydroxyl groups is 1. The molecule has 1 fully saturated rings. The van der Waals surface area contributed by atoms with Crippen LogP contribution in [0, 0.1) is 0 Å². The fourth-order valence-electron chi connectivity index (χ4n) is 3.56. The number of carboxylic acid groups (broad SMARTS) is 4. The van der Waals surface area contributed by atoms with Gasteiger partial charge in [-0.3, -0.25) is 0 Å². The highest BCUT2D eigenvalue weighted by atomic mass is 16.5. The van der Waals surface area contributed by atoms with Gasteiger partial charge in [-0.2, -0.15) is 0 Å². The van der Waals surface area contributed by atoms with Gasteiger partial charge in [0.15, 0.2) is 0 Å². The highest BCUT2D eigenvalue weighted by molar-refractivity contribution is 6.27. The maximum absolute atomic E-state index is 10.1. The highest BCUT2D eigenvalue weighted by Crippen LogP contribution is 2.24. The molecule has 1 aliphatic carbocycles. The standard InChI is InChI=1S/C22H24N2O2.2C2H2O4/c23-18-5-3-7-21(22(18)25)26-14-15-8-10-17(11-9-15)20-13-12-16-4-1-2-6-19(16)24-20;2*3-1(4)2(5)6/h1-2,4,6,8-13,18,21-22,25H,3,5,7,14,23H2;2*(H,3,4)(H,5,6)/t18-,21-,22+;;/m0../s1. The summed E-state index contributed by atoms with van der Waals surface area (Å²) in [5.74, 6) is -7.30. The van der Waals surface area contributed by atoms with Crippen LogP contribution in [-0.4, -0.2) is 72.6 Å². The van der Waals surface area contributed by atoms with Gasteiger partial charge in [0.1, 0.15) is 0 Å². The predicted octanol–water partition coefficient (Wildman–Crippen LogP) is 1.97. The van der Waals surface area contributed by atoms with Crippen LogP contribution < -0.4 is 5.73 Å². The summed E-state index contributed by atoms with van der Waals surface area (Å²) in [6.07, 6.45) is 2.02. The second kappa shape index (κ2) is 14.4. The van der Waals surface area contributed by atoms with Crippen molar-refractivity contribution in [1.29, 1.82) is 0 Å². The summed E-state index contributed by atoms with van der Waals surface area (Å²) in [6.45, 7) is 0.486. The van der Waals surface area contributed by atoms with E-state index in [-0.39, 0.29) is 12.1 Å². The molecule has 12 heteroatoms. The Balaban J connectivity index is 0.000000355. The lowest BCUT2D eigenvalue weighted by Crippen LogP contribution is -2.47. The molecule has 4 rings (SSSR count). The Kier molecular flexibility index (Phi) is 11.3. The van der Waals surface area contributed by atoms with Crippen LogP contribution in [0.3, 0.4) is 0 Å². The number of aliphatic carboxylic acids is 4. The molecule has 0 amide bonds. The van der Waals surface area contributed by atoms with Crippen molar-refractivity contribution in [3.63, 3.8) is 0 Å². The molecule has 1 saturated carbocycles. The molecule has 3 aromatic rings. The minimum Gasteiger partial charge on any atom is -0.473 e. The van der Waals surface area contributed by atoms with Crippen LogP contribution in [0.1, 0.15) is 24.8 Å². The zero-order valence-corrected chi connectivity index (χ0v) is 20.1. The van der Waals surface area contributed by atoms with E-state index in [1.54, 1.807) is 0 Å². The molecule has 38 heavy (non-hydrogen) atoms. The number of carbonyl (C=O) groups is 4. The maximum atomic E-state index is 10.1. The van der Waals surface area contributed by atoms with Crippen LogP contribution in [0.15, 0.2) is 60.7 Å². The van der Waals surface area contributed by atoms with Gasteiger partial charge in [0.2, 0.25) is 0 Å². The van der Waals surface area contributed by atoms with E-state index in [1.807, 2.05) is 24.3 Å². The summed E-state index contributed by atoms with van der Waals surface area (Å²) in [5, 5.41) is 40.8. The Morgan fingerprint density at radius 1 is 0.816 bits per heavy atom. The third-order valence-corrected chi connectivity index (χ3v) is 5.52. The van der Waals surface area contributed by atoms with Crippen LogP contribution in [0.4, 0.5) is 0 Å². The van der Waals surface area contributed by atoms with Crippen molar-refractivity contribution in [1.82, 2.24) is 4.98 Å². The highest BCUT2D eigenvalue weighted by Gasteiger charge is 2.29. The monoisotopic (exact) mass is 528 g/mol. The number of benzene rings is 2. The zero-order valence-electron chi connectivity index (χ0n) is 20.1. The second-order valence-corrected chi connectivity index (χ2v) is 8.24. The fraction of sp³-hybridized carbons (Fsp3) is 0.269. The molecule has 0 aliphatic heterocycles. The van der Waals surface area contributed by atoms with Crippen molar-refractivity contribution in [2.24, 2.45) is 5.73 Å². The number of pyridine rings is 1. The van der Waals surface area contributed by atoms with Gasteiger partial charge < -0.3 is 36.0 Å². The van der Waals surface area contributed by atoms with Gasteiger partial charge in [0.25, 0.3) is 0 Å². The van der Waals surface area contributed by atoms with Crippen LogP contribution in [0.2, 0.25) is 0 Å². The van der Waals surface area contributed by atoms with E-state index >= 15 is 0 Å². The molecule has 202 valence electrons. The van der Waals surface area contributed by atoms with Crippen molar-refractivity contribution in [3.05, 3.63) is 66.2 Å². The molecule has 7 N–H and O–H groups in total. The number of nitrogens with zero attached hydrogens (tertiary/aromatic N) is 1. The van der Waals surface area contributed by atoms with Gasteiger partial charge in [-0.05, 0) is 37.0 Å². The molecule has 0 saturated heterocycles. The number of aromatic nitrogens is 1. The number of ether oxygens (including phenoxy) is 1. The van der Waals surface area contributed by atoms with Crippen LogP contribution in [0.25, 0.3) is 22.2 Å². The number of hydrogen-bond donors (Lipinski definition) is 6. The molecule has 3 atom stereocenters. The van der Waals surface area contributed by atoms with Gasteiger partial charge in [-0.25, -0.2) is 24.2 Å². The van der Waals surface area contributed by atoms with E-state index in [9.17, 15) is 5.11 Å². The van der Waals surface area contributed by atoms with Gasteiger partial charge in [-0.15, -0.1) is 0 Å². The topological polar surface area (TPSA) is 218 Å². The molecule has 0 spiro atoms. The minimum absolute atomic E-state index is 0.166. The molecular formula is C26H28N2O10. The fourth-order valence-corrected chi connectivity index (χ4v) is 3.56. The van der Waals surface area contributed by atoms with E-state index < -0.39 is 30.0 Å². The van der Waals surface area contributed by atoms with Crippen molar-refractivity contribution in [2.45, 2.75) is 44.1 Å². The van der Waals surface area contributed by atoms with Crippen LogP contribution in [-0.2, 0) is 30.5 Å². The first-order valence-electron chi connectivity index (χ1n) is 11.4. The molecule has 1 aliphatic rings. The third-order valence-electron chi connectivity index (χ3n) is 5.52. The van der Waals surface area contributed by atoms with Gasteiger partial charge >= 0.3 is 23.9 Å². The summed E-state index contributed by atoms with van der Waals surface area (Å²) in [6, 6.07) is 20.4. The smallest absolute Gasteiger partial charge is 0.414 e. The normalized spacial score (nSPS) is 18.2. The minimum atomic E-state index is -1.82. The Labute approximate surface area is 216 Å². The number of carboxylic acids is 4. The Morgan fingerprint density at radius 3 is 1.97 bits per heavy atom. The number of hydrogen-bond acceptors (Lipinski definition) is 8.